The van der Waals surface area contributed by atoms with Gasteiger partial charge in [-0.25, -0.2) is 0 Å². The van der Waals surface area contributed by atoms with E-state index < -0.39 is 0 Å². The zero-order chi connectivity index (χ0) is 29.6. The fourth-order valence-corrected chi connectivity index (χ4v) is 7.68. The molecule has 0 bridgehead atoms. The standard InChI is InChI=1S/C44H36.2CH3.Hf/c1-3-29-27-35-19-9-17-33(41(35)43(29)39-23-11-15-31-13-5-7-21-37(31)39)25-26-34-18-10-20-36-28-30(4-2)44(42(34)36)40-24-12-16-32-14-6-8-22-38(32)40;;;/h5-24,27-28H,3-4,25-26H2,1-2H3;2*1H3;/q-2;2*-1;+4. The van der Waals surface area contributed by atoms with Crippen molar-refractivity contribution in [2.45, 2.75) is 39.5 Å². The van der Waals surface area contributed by atoms with Gasteiger partial charge in [0.05, 0.1) is 0 Å². The Kier molecular flexibility index (Phi) is 10.5. The second-order valence-corrected chi connectivity index (χ2v) is 12.1. The van der Waals surface area contributed by atoms with E-state index in [4.69, 9.17) is 0 Å². The fourth-order valence-electron chi connectivity index (χ4n) is 7.68. The van der Waals surface area contributed by atoms with Gasteiger partial charge in [-0.2, -0.15) is 0 Å². The Morgan fingerprint density at radius 3 is 1.26 bits per heavy atom. The SMILES string of the molecule is CCc1[cH-]c2cccc(CCc3cccc4[cH-]c(CC)c(-c5cccc6ccccc56)c34)c2c1-c1cccc2ccccc12.[CH3-].[CH3-].[Hf+4]. The van der Waals surface area contributed by atoms with Crippen LogP contribution in [0.5, 0.6) is 0 Å². The van der Waals surface area contributed by atoms with Gasteiger partial charge in [0.1, 0.15) is 0 Å². The molecule has 0 aliphatic carbocycles. The first-order valence-electron chi connectivity index (χ1n) is 16.1. The van der Waals surface area contributed by atoms with Gasteiger partial charge in [0.25, 0.3) is 0 Å². The molecule has 0 fully saturated rings. The van der Waals surface area contributed by atoms with Crippen molar-refractivity contribution in [3.8, 4) is 22.3 Å². The van der Waals surface area contributed by atoms with Crippen molar-refractivity contribution in [2.75, 3.05) is 0 Å². The number of hydrogen-bond donors (Lipinski definition) is 0. The minimum absolute atomic E-state index is 0. The first kappa shape index (κ1) is 34.3. The van der Waals surface area contributed by atoms with Crippen molar-refractivity contribution in [1.29, 1.82) is 0 Å². The molecule has 47 heavy (non-hydrogen) atoms. The molecule has 0 N–H and O–H groups in total. The molecule has 1 heteroatoms. The molecule has 0 radical (unpaired) electrons. The average Bonchev–Trinajstić information content (AvgIpc) is 3.66. The molecule has 0 nitrogen and oxygen atoms in total. The first-order valence-corrected chi connectivity index (χ1v) is 16.1. The fraction of sp³-hybridized carbons (Fsp3) is 0.130. The summed E-state index contributed by atoms with van der Waals surface area (Å²) in [6.07, 6.45) is 4.05. The van der Waals surface area contributed by atoms with Crippen molar-refractivity contribution in [2.24, 2.45) is 0 Å². The van der Waals surface area contributed by atoms with Crippen LogP contribution in [-0.2, 0) is 51.5 Å². The first-order chi connectivity index (χ1) is 21.7. The molecule has 8 aromatic rings. The van der Waals surface area contributed by atoms with Gasteiger partial charge in [0.2, 0.25) is 0 Å². The molecule has 0 aromatic heterocycles. The molecule has 0 heterocycles. The third kappa shape index (κ3) is 5.85. The van der Waals surface area contributed by atoms with Crippen molar-refractivity contribution >= 4 is 43.1 Å². The maximum absolute atomic E-state index is 2.43. The van der Waals surface area contributed by atoms with E-state index in [0.717, 1.165) is 25.7 Å². The smallest absolute Gasteiger partial charge is 0.358 e. The van der Waals surface area contributed by atoms with Crippen LogP contribution in [0.3, 0.4) is 0 Å². The Labute approximate surface area is 299 Å². The Bertz CT molecular complexity index is 2130. The molecule has 230 valence electrons. The maximum Gasteiger partial charge on any atom is 4.00 e. The molecule has 8 rings (SSSR count). The largest absolute Gasteiger partial charge is 4.00 e. The van der Waals surface area contributed by atoms with Crippen LogP contribution >= 0.6 is 0 Å². The van der Waals surface area contributed by atoms with Crippen molar-refractivity contribution in [3.05, 3.63) is 171 Å². The van der Waals surface area contributed by atoms with Crippen LogP contribution in [0.2, 0.25) is 0 Å². The van der Waals surface area contributed by atoms with Gasteiger partial charge in [0.15, 0.2) is 0 Å². The number of fused-ring (bicyclic) bond motifs is 4. The van der Waals surface area contributed by atoms with E-state index in [1.165, 1.54) is 87.6 Å². The number of hydrogen-bond acceptors (Lipinski definition) is 0. The topological polar surface area (TPSA) is 0 Å². The van der Waals surface area contributed by atoms with Crippen LogP contribution in [0, 0.1) is 14.9 Å². The van der Waals surface area contributed by atoms with Crippen LogP contribution in [0.15, 0.2) is 133 Å². The summed E-state index contributed by atoms with van der Waals surface area (Å²) in [5.74, 6) is 0. The van der Waals surface area contributed by atoms with Crippen molar-refractivity contribution < 1.29 is 25.8 Å². The van der Waals surface area contributed by atoms with Gasteiger partial charge in [-0.3, -0.25) is 0 Å². The van der Waals surface area contributed by atoms with Gasteiger partial charge < -0.3 is 14.9 Å². The van der Waals surface area contributed by atoms with Crippen LogP contribution in [0.4, 0.5) is 0 Å². The van der Waals surface area contributed by atoms with Gasteiger partial charge in [-0.1, -0.05) is 133 Å². The molecular weight excluding hydrogens is 731 g/mol. The number of benzene rings is 6. The van der Waals surface area contributed by atoms with Gasteiger partial charge in [-0.15, -0.1) is 80.2 Å². The molecule has 0 aliphatic rings. The molecule has 0 saturated carbocycles. The summed E-state index contributed by atoms with van der Waals surface area (Å²) >= 11 is 0. The van der Waals surface area contributed by atoms with E-state index in [-0.39, 0.29) is 40.7 Å². The maximum atomic E-state index is 2.43. The zero-order valence-corrected chi connectivity index (χ0v) is 31.6. The quantitative estimate of drug-likeness (QED) is 0.112. The minimum atomic E-state index is 0. The summed E-state index contributed by atoms with van der Waals surface area (Å²) in [5.41, 5.74) is 11.3. The molecule has 0 saturated heterocycles. The Morgan fingerprint density at radius 2 is 0.830 bits per heavy atom. The van der Waals surface area contributed by atoms with E-state index >= 15 is 0 Å². The molecule has 0 aliphatic heterocycles. The normalized spacial score (nSPS) is 11.0. The van der Waals surface area contributed by atoms with E-state index in [0.29, 0.717) is 0 Å². The van der Waals surface area contributed by atoms with Gasteiger partial charge in [0, 0.05) is 0 Å². The van der Waals surface area contributed by atoms with Gasteiger partial charge >= 0.3 is 25.8 Å². The van der Waals surface area contributed by atoms with Crippen LogP contribution < -0.4 is 0 Å². The molecule has 0 amide bonds. The zero-order valence-electron chi connectivity index (χ0n) is 28.0. The van der Waals surface area contributed by atoms with Gasteiger partial charge in [-0.05, 0) is 47.2 Å². The van der Waals surface area contributed by atoms with Crippen LogP contribution in [-0.4, -0.2) is 0 Å². The summed E-state index contributed by atoms with van der Waals surface area (Å²) < 4.78 is 0. The predicted octanol–water partition coefficient (Wildman–Crippen LogP) is 12.9. The van der Waals surface area contributed by atoms with Crippen LogP contribution in [0.1, 0.15) is 36.1 Å². The molecule has 0 atom stereocenters. The third-order valence-corrected chi connectivity index (χ3v) is 9.71. The summed E-state index contributed by atoms with van der Waals surface area (Å²) in [6, 6.07) is 49.9. The van der Waals surface area contributed by atoms with E-state index in [1.54, 1.807) is 0 Å². The summed E-state index contributed by atoms with van der Waals surface area (Å²) in [5, 5.41) is 10.8. The van der Waals surface area contributed by atoms with Crippen molar-refractivity contribution in [1.82, 2.24) is 0 Å². The van der Waals surface area contributed by atoms with Crippen molar-refractivity contribution in [3.63, 3.8) is 0 Å². The second kappa shape index (κ2) is 14.4. The Hall–Kier alpha value is -4.07. The van der Waals surface area contributed by atoms with E-state index in [1.807, 2.05) is 0 Å². The molecule has 0 spiro atoms. The number of rotatable bonds is 7. The third-order valence-electron chi connectivity index (χ3n) is 9.71. The second-order valence-electron chi connectivity index (χ2n) is 12.1. The minimum Gasteiger partial charge on any atom is -0.358 e. The summed E-state index contributed by atoms with van der Waals surface area (Å²) in [7, 11) is 0. The molecule has 8 aromatic carbocycles. The Balaban J connectivity index is 0.00000144. The summed E-state index contributed by atoms with van der Waals surface area (Å²) in [6.45, 7) is 4.58. The predicted molar refractivity (Wildman–Crippen MR) is 204 cm³/mol. The van der Waals surface area contributed by atoms with Crippen LogP contribution in [0.25, 0.3) is 65.3 Å². The average molecular weight is 773 g/mol. The van der Waals surface area contributed by atoms with E-state index in [9.17, 15) is 0 Å². The Morgan fingerprint density at radius 1 is 0.447 bits per heavy atom. The number of aryl methyl sites for hydroxylation is 4. The summed E-state index contributed by atoms with van der Waals surface area (Å²) in [4.78, 5) is 0. The van der Waals surface area contributed by atoms with E-state index in [2.05, 4.69) is 147 Å². The molecule has 0 unspecified atom stereocenters. The monoisotopic (exact) mass is 774 g/mol. The molecular formula is C46H42Hf.